The maximum absolute atomic E-state index is 10.7. The third-order valence-corrected chi connectivity index (χ3v) is 2.59. The molecular weight excluding hydrogens is 173 g/mol. The lowest BCUT2D eigenvalue weighted by molar-refractivity contribution is -0.120. The fourth-order valence-electron chi connectivity index (χ4n) is 0.817. The molecule has 10 heavy (non-hydrogen) atoms. The molecule has 1 aliphatic rings. The highest BCUT2D eigenvalue weighted by atomic mass is 35.5. The summed E-state index contributed by atoms with van der Waals surface area (Å²) in [6.45, 7) is 0. The molecule has 0 saturated heterocycles. The van der Waals surface area contributed by atoms with Crippen molar-refractivity contribution in [3.8, 4) is 0 Å². The molecule has 1 aliphatic carbocycles. The van der Waals surface area contributed by atoms with Crippen LogP contribution in [0.3, 0.4) is 0 Å². The number of alkyl halides is 2. The van der Waals surface area contributed by atoms with Gasteiger partial charge >= 0.3 is 0 Å². The molecule has 0 spiro atoms. The number of halogens is 2. The lowest BCUT2D eigenvalue weighted by Crippen LogP contribution is -2.18. The third-order valence-electron chi connectivity index (χ3n) is 1.67. The van der Waals surface area contributed by atoms with Crippen LogP contribution in [0.1, 0.15) is 12.8 Å². The largest absolute Gasteiger partial charge is 0.359 e. The van der Waals surface area contributed by atoms with Crippen LogP contribution >= 0.6 is 23.2 Å². The minimum Gasteiger partial charge on any atom is -0.359 e. The Hall–Kier alpha value is 0.0500. The van der Waals surface area contributed by atoms with Gasteiger partial charge in [-0.3, -0.25) is 4.79 Å². The van der Waals surface area contributed by atoms with Gasteiger partial charge in [0.25, 0.3) is 0 Å². The number of rotatable bonds is 2. The first-order valence-corrected chi connectivity index (χ1v) is 3.90. The van der Waals surface area contributed by atoms with E-state index in [2.05, 4.69) is 5.32 Å². The predicted molar refractivity (Wildman–Crippen MR) is 41.2 cm³/mol. The van der Waals surface area contributed by atoms with Gasteiger partial charge in [0.2, 0.25) is 5.91 Å². The van der Waals surface area contributed by atoms with E-state index in [9.17, 15) is 4.79 Å². The fraction of sp³-hybridized carbons (Fsp3) is 0.833. The van der Waals surface area contributed by atoms with Crippen molar-refractivity contribution in [2.24, 2.45) is 5.92 Å². The van der Waals surface area contributed by atoms with Crippen molar-refractivity contribution in [2.75, 3.05) is 7.05 Å². The van der Waals surface area contributed by atoms with E-state index < -0.39 is 4.33 Å². The highest BCUT2D eigenvalue weighted by molar-refractivity contribution is 6.51. The van der Waals surface area contributed by atoms with Crippen LogP contribution in [-0.4, -0.2) is 17.3 Å². The summed E-state index contributed by atoms with van der Waals surface area (Å²) in [7, 11) is 1.61. The van der Waals surface area contributed by atoms with Gasteiger partial charge in [0.15, 0.2) is 0 Å². The molecule has 0 heterocycles. The van der Waals surface area contributed by atoms with Crippen molar-refractivity contribution in [3.05, 3.63) is 0 Å². The molecule has 1 amide bonds. The first-order valence-electron chi connectivity index (χ1n) is 3.14. The summed E-state index contributed by atoms with van der Waals surface area (Å²) in [5.74, 6) is 0.170. The lowest BCUT2D eigenvalue weighted by Gasteiger charge is -1.97. The number of hydrogen-bond acceptors (Lipinski definition) is 1. The zero-order chi connectivity index (χ0) is 7.78. The molecule has 1 atom stereocenters. The Kier molecular flexibility index (Phi) is 2.11. The summed E-state index contributed by atoms with van der Waals surface area (Å²) in [4.78, 5) is 10.7. The standard InChI is InChI=1S/C6H9Cl2NO/c1-9-5(10)2-4-3-6(4,7)8/h4H,2-3H2,1H3,(H,9,10). The van der Waals surface area contributed by atoms with Crippen LogP contribution in [0, 0.1) is 5.92 Å². The topological polar surface area (TPSA) is 29.1 Å². The molecule has 0 radical (unpaired) electrons. The van der Waals surface area contributed by atoms with E-state index >= 15 is 0 Å². The second-order valence-electron chi connectivity index (χ2n) is 2.54. The summed E-state index contributed by atoms with van der Waals surface area (Å²) >= 11 is 11.4. The van der Waals surface area contributed by atoms with Gasteiger partial charge in [-0.2, -0.15) is 0 Å². The minimum absolute atomic E-state index is 0.00757. The van der Waals surface area contributed by atoms with E-state index in [-0.39, 0.29) is 11.8 Å². The molecule has 0 bridgehead atoms. The van der Waals surface area contributed by atoms with Crippen molar-refractivity contribution in [2.45, 2.75) is 17.2 Å². The van der Waals surface area contributed by atoms with Gasteiger partial charge in [0.1, 0.15) is 4.33 Å². The minimum atomic E-state index is -0.619. The van der Waals surface area contributed by atoms with Crippen LogP contribution in [0.5, 0.6) is 0 Å². The van der Waals surface area contributed by atoms with Gasteiger partial charge in [-0.25, -0.2) is 0 Å². The van der Waals surface area contributed by atoms with Gasteiger partial charge in [-0.15, -0.1) is 23.2 Å². The molecule has 1 fully saturated rings. The molecule has 0 aromatic heterocycles. The smallest absolute Gasteiger partial charge is 0.220 e. The summed E-state index contributed by atoms with van der Waals surface area (Å²) < 4.78 is -0.619. The summed E-state index contributed by atoms with van der Waals surface area (Å²) in [5, 5.41) is 2.52. The van der Waals surface area contributed by atoms with Crippen LogP contribution < -0.4 is 5.32 Å². The maximum atomic E-state index is 10.7. The van der Waals surface area contributed by atoms with Crippen molar-refractivity contribution >= 4 is 29.1 Å². The predicted octanol–water partition coefficient (Wildman–Crippen LogP) is 1.32. The number of carbonyl (C=O) groups is 1. The van der Waals surface area contributed by atoms with Crippen LogP contribution in [0.15, 0.2) is 0 Å². The van der Waals surface area contributed by atoms with E-state index in [1.54, 1.807) is 7.05 Å². The van der Waals surface area contributed by atoms with Crippen LogP contribution in [0.25, 0.3) is 0 Å². The molecule has 2 nitrogen and oxygen atoms in total. The maximum Gasteiger partial charge on any atom is 0.220 e. The highest BCUT2D eigenvalue weighted by Gasteiger charge is 2.52. The Morgan fingerprint density at radius 1 is 1.80 bits per heavy atom. The molecule has 1 N–H and O–H groups in total. The molecule has 0 aromatic carbocycles. The Morgan fingerprint density at radius 3 is 2.60 bits per heavy atom. The Balaban J connectivity index is 2.24. The van der Waals surface area contributed by atoms with Crippen molar-refractivity contribution in [3.63, 3.8) is 0 Å². The number of carbonyl (C=O) groups excluding carboxylic acids is 1. The van der Waals surface area contributed by atoms with E-state index in [4.69, 9.17) is 23.2 Å². The van der Waals surface area contributed by atoms with Gasteiger partial charge in [0, 0.05) is 19.4 Å². The Bertz CT molecular complexity index is 158. The molecule has 0 aliphatic heterocycles. The normalized spacial score (nSPS) is 27.7. The highest BCUT2D eigenvalue weighted by Crippen LogP contribution is 2.54. The van der Waals surface area contributed by atoms with E-state index in [1.807, 2.05) is 0 Å². The molecule has 1 saturated carbocycles. The van der Waals surface area contributed by atoms with Crippen LogP contribution in [0.2, 0.25) is 0 Å². The second kappa shape index (κ2) is 2.59. The fourth-order valence-corrected chi connectivity index (χ4v) is 1.34. The average Bonchev–Trinajstić information content (AvgIpc) is 2.40. The van der Waals surface area contributed by atoms with E-state index in [0.717, 1.165) is 6.42 Å². The molecule has 1 unspecified atom stereocenters. The SMILES string of the molecule is CNC(=O)CC1CC1(Cl)Cl. The quantitative estimate of drug-likeness (QED) is 0.641. The second-order valence-corrected chi connectivity index (χ2v) is 4.08. The molecular formula is C6H9Cl2NO. The van der Waals surface area contributed by atoms with Crippen molar-refractivity contribution in [1.82, 2.24) is 5.32 Å². The number of nitrogens with one attached hydrogen (secondary N) is 1. The summed E-state index contributed by atoms with van der Waals surface area (Å²) in [5.41, 5.74) is 0. The summed E-state index contributed by atoms with van der Waals surface area (Å²) in [6.07, 6.45) is 1.19. The number of hydrogen-bond donors (Lipinski definition) is 1. The summed E-state index contributed by atoms with van der Waals surface area (Å²) in [6, 6.07) is 0. The van der Waals surface area contributed by atoms with Gasteiger partial charge in [-0.05, 0) is 6.42 Å². The zero-order valence-electron chi connectivity index (χ0n) is 5.66. The molecule has 0 aromatic rings. The average molecular weight is 182 g/mol. The van der Waals surface area contributed by atoms with Gasteiger partial charge in [-0.1, -0.05) is 0 Å². The van der Waals surface area contributed by atoms with Gasteiger partial charge < -0.3 is 5.32 Å². The van der Waals surface area contributed by atoms with E-state index in [0.29, 0.717) is 6.42 Å². The van der Waals surface area contributed by atoms with Gasteiger partial charge in [0.05, 0.1) is 0 Å². The van der Waals surface area contributed by atoms with E-state index in [1.165, 1.54) is 0 Å². The first-order chi connectivity index (χ1) is 4.56. The Morgan fingerprint density at radius 2 is 2.30 bits per heavy atom. The monoisotopic (exact) mass is 181 g/mol. The first kappa shape index (κ1) is 8.15. The lowest BCUT2D eigenvalue weighted by atomic mass is 10.3. The zero-order valence-corrected chi connectivity index (χ0v) is 7.17. The van der Waals surface area contributed by atoms with Crippen molar-refractivity contribution < 1.29 is 4.79 Å². The number of amides is 1. The molecule has 4 heteroatoms. The van der Waals surface area contributed by atoms with Crippen LogP contribution in [-0.2, 0) is 4.79 Å². The van der Waals surface area contributed by atoms with Crippen molar-refractivity contribution in [1.29, 1.82) is 0 Å². The molecule has 58 valence electrons. The third kappa shape index (κ3) is 1.77. The van der Waals surface area contributed by atoms with Crippen LogP contribution in [0.4, 0.5) is 0 Å². The Labute approximate surface area is 69.9 Å². The molecule has 1 rings (SSSR count).